The van der Waals surface area contributed by atoms with Gasteiger partial charge in [0, 0.05) is 24.0 Å². The van der Waals surface area contributed by atoms with Gasteiger partial charge >= 0.3 is 0 Å². The molecular formula is C18H12N4O2. The molecule has 0 radical (unpaired) electrons. The average molecular weight is 316 g/mol. The zero-order valence-electron chi connectivity index (χ0n) is 12.5. The van der Waals surface area contributed by atoms with Gasteiger partial charge in [-0.15, -0.1) is 0 Å². The Labute approximate surface area is 136 Å². The largest absolute Gasteiger partial charge is 0.320 e. The van der Waals surface area contributed by atoms with E-state index in [2.05, 4.69) is 15.3 Å². The highest BCUT2D eigenvalue weighted by molar-refractivity contribution is 6.08. The van der Waals surface area contributed by atoms with E-state index in [1.807, 2.05) is 24.3 Å². The number of hydrogen-bond acceptors (Lipinski definition) is 4. The van der Waals surface area contributed by atoms with Crippen molar-refractivity contribution in [2.24, 2.45) is 0 Å². The van der Waals surface area contributed by atoms with Gasteiger partial charge in [-0.3, -0.25) is 19.0 Å². The Hall–Kier alpha value is -3.54. The van der Waals surface area contributed by atoms with Gasteiger partial charge in [0.15, 0.2) is 0 Å². The predicted octanol–water partition coefficient (Wildman–Crippen LogP) is 2.50. The Balaban J connectivity index is 1.77. The number of rotatable bonds is 2. The van der Waals surface area contributed by atoms with Crippen LogP contribution >= 0.6 is 0 Å². The Morgan fingerprint density at radius 3 is 2.79 bits per heavy atom. The van der Waals surface area contributed by atoms with Gasteiger partial charge in [-0.05, 0) is 24.3 Å². The van der Waals surface area contributed by atoms with Gasteiger partial charge in [0.2, 0.25) is 0 Å². The molecule has 0 unspecified atom stereocenters. The molecule has 1 N–H and O–H groups in total. The van der Waals surface area contributed by atoms with Crippen molar-refractivity contribution in [1.29, 1.82) is 0 Å². The van der Waals surface area contributed by atoms with Gasteiger partial charge in [-0.1, -0.05) is 24.3 Å². The molecule has 24 heavy (non-hydrogen) atoms. The maximum atomic E-state index is 12.5. The number of hydrogen-bond donors (Lipinski definition) is 1. The summed E-state index contributed by atoms with van der Waals surface area (Å²) in [5.74, 6) is -0.510. The number of carbonyl (C=O) groups excluding carboxylic acids is 1. The molecule has 0 aliphatic heterocycles. The molecule has 3 aromatic heterocycles. The molecule has 116 valence electrons. The second-order valence-electron chi connectivity index (χ2n) is 5.24. The standard InChI is InChI=1S/C18H12N4O2/c23-17(13-11-20-15-8-1-2-10-22(15)18(13)24)21-14-7-3-5-12-6-4-9-19-16(12)14/h1-11H,(H,21,23). The van der Waals surface area contributed by atoms with Crippen molar-refractivity contribution in [3.63, 3.8) is 0 Å². The van der Waals surface area contributed by atoms with E-state index in [4.69, 9.17) is 0 Å². The van der Waals surface area contributed by atoms with Crippen LogP contribution in [0.2, 0.25) is 0 Å². The van der Waals surface area contributed by atoms with Crippen molar-refractivity contribution in [2.75, 3.05) is 5.32 Å². The van der Waals surface area contributed by atoms with E-state index in [1.165, 1.54) is 10.6 Å². The molecule has 0 atom stereocenters. The molecule has 0 fully saturated rings. The lowest BCUT2D eigenvalue weighted by Gasteiger charge is -2.08. The summed E-state index contributed by atoms with van der Waals surface area (Å²) in [4.78, 5) is 33.4. The van der Waals surface area contributed by atoms with Crippen LogP contribution in [0, 0.1) is 0 Å². The van der Waals surface area contributed by atoms with E-state index < -0.39 is 11.5 Å². The molecule has 0 saturated carbocycles. The topological polar surface area (TPSA) is 76.4 Å². The number of anilines is 1. The van der Waals surface area contributed by atoms with Crippen LogP contribution in [0.3, 0.4) is 0 Å². The van der Waals surface area contributed by atoms with Gasteiger partial charge in [-0.2, -0.15) is 0 Å². The molecule has 0 spiro atoms. The highest BCUT2D eigenvalue weighted by Gasteiger charge is 2.14. The van der Waals surface area contributed by atoms with Gasteiger partial charge < -0.3 is 5.32 Å². The molecule has 3 heterocycles. The van der Waals surface area contributed by atoms with E-state index in [1.54, 1.807) is 36.7 Å². The van der Waals surface area contributed by atoms with Gasteiger partial charge in [-0.25, -0.2) is 4.98 Å². The first kappa shape index (κ1) is 14.1. The normalized spacial score (nSPS) is 10.8. The summed E-state index contributed by atoms with van der Waals surface area (Å²) in [6.07, 6.45) is 4.54. The van der Waals surface area contributed by atoms with Crippen molar-refractivity contribution in [3.05, 3.63) is 83.0 Å². The van der Waals surface area contributed by atoms with Crippen LogP contribution in [-0.2, 0) is 0 Å². The Bertz CT molecular complexity index is 1130. The maximum Gasteiger partial charge on any atom is 0.270 e. The van der Waals surface area contributed by atoms with Crippen molar-refractivity contribution >= 4 is 28.1 Å². The lowest BCUT2D eigenvalue weighted by molar-refractivity contribution is 0.102. The first-order chi connectivity index (χ1) is 11.7. The molecule has 4 aromatic rings. The first-order valence-electron chi connectivity index (χ1n) is 7.35. The number of carbonyl (C=O) groups is 1. The number of nitrogens with zero attached hydrogens (tertiary/aromatic N) is 3. The van der Waals surface area contributed by atoms with Crippen LogP contribution < -0.4 is 10.9 Å². The van der Waals surface area contributed by atoms with Crippen molar-refractivity contribution in [2.45, 2.75) is 0 Å². The molecule has 0 aliphatic rings. The summed E-state index contributed by atoms with van der Waals surface area (Å²) >= 11 is 0. The SMILES string of the molecule is O=C(Nc1cccc2cccnc12)c1cnc2ccccn2c1=O. The molecule has 1 aromatic carbocycles. The Morgan fingerprint density at radius 1 is 1.00 bits per heavy atom. The Morgan fingerprint density at radius 2 is 1.88 bits per heavy atom. The number of aromatic nitrogens is 3. The smallest absolute Gasteiger partial charge is 0.270 e. The van der Waals surface area contributed by atoms with E-state index in [0.29, 0.717) is 16.9 Å². The monoisotopic (exact) mass is 316 g/mol. The lowest BCUT2D eigenvalue weighted by atomic mass is 10.2. The summed E-state index contributed by atoms with van der Waals surface area (Å²) in [5.41, 5.74) is 1.28. The van der Waals surface area contributed by atoms with E-state index in [9.17, 15) is 9.59 Å². The zero-order chi connectivity index (χ0) is 16.5. The lowest BCUT2D eigenvalue weighted by Crippen LogP contribution is -2.26. The minimum absolute atomic E-state index is 0.0216. The van der Waals surface area contributed by atoms with Crippen LogP contribution in [0.5, 0.6) is 0 Å². The molecular weight excluding hydrogens is 304 g/mol. The molecule has 6 nitrogen and oxygen atoms in total. The third kappa shape index (κ3) is 2.30. The van der Waals surface area contributed by atoms with Crippen molar-refractivity contribution < 1.29 is 4.79 Å². The number of fused-ring (bicyclic) bond motifs is 2. The summed E-state index contributed by atoms with van der Waals surface area (Å²) in [7, 11) is 0. The van der Waals surface area contributed by atoms with Crippen LogP contribution in [-0.4, -0.2) is 20.3 Å². The summed E-state index contributed by atoms with van der Waals surface area (Å²) in [5, 5.41) is 3.66. The second-order valence-corrected chi connectivity index (χ2v) is 5.24. The second kappa shape index (κ2) is 5.58. The maximum absolute atomic E-state index is 12.5. The minimum atomic E-state index is -0.510. The fourth-order valence-corrected chi connectivity index (χ4v) is 2.58. The van der Waals surface area contributed by atoms with Crippen LogP contribution in [0.4, 0.5) is 5.69 Å². The van der Waals surface area contributed by atoms with Crippen molar-refractivity contribution in [3.8, 4) is 0 Å². The molecule has 0 bridgehead atoms. The van der Waals surface area contributed by atoms with Crippen LogP contribution in [0.1, 0.15) is 10.4 Å². The molecule has 1 amide bonds. The van der Waals surface area contributed by atoms with Gasteiger partial charge in [0.05, 0.1) is 11.2 Å². The minimum Gasteiger partial charge on any atom is -0.320 e. The van der Waals surface area contributed by atoms with Crippen LogP contribution in [0.25, 0.3) is 16.6 Å². The van der Waals surface area contributed by atoms with Gasteiger partial charge in [0.25, 0.3) is 11.5 Å². The summed E-state index contributed by atoms with van der Waals surface area (Å²) in [6.45, 7) is 0. The predicted molar refractivity (Wildman–Crippen MR) is 91.2 cm³/mol. The summed E-state index contributed by atoms with van der Waals surface area (Å²) in [6, 6.07) is 14.4. The molecule has 0 aliphatic carbocycles. The molecule has 4 rings (SSSR count). The number of pyridine rings is 2. The summed E-state index contributed by atoms with van der Waals surface area (Å²) < 4.78 is 1.34. The number of amides is 1. The average Bonchev–Trinajstić information content (AvgIpc) is 2.62. The number of para-hydroxylation sites is 1. The number of nitrogens with one attached hydrogen (secondary N) is 1. The van der Waals surface area contributed by atoms with Crippen LogP contribution in [0.15, 0.2) is 71.9 Å². The van der Waals surface area contributed by atoms with E-state index >= 15 is 0 Å². The fraction of sp³-hybridized carbons (Fsp3) is 0. The fourth-order valence-electron chi connectivity index (χ4n) is 2.58. The molecule has 0 saturated heterocycles. The highest BCUT2D eigenvalue weighted by atomic mass is 16.2. The first-order valence-corrected chi connectivity index (χ1v) is 7.35. The third-order valence-electron chi connectivity index (χ3n) is 3.74. The van der Waals surface area contributed by atoms with Crippen molar-refractivity contribution in [1.82, 2.24) is 14.4 Å². The van der Waals surface area contributed by atoms with Gasteiger partial charge in [0.1, 0.15) is 11.2 Å². The Kier molecular flexibility index (Phi) is 3.28. The molecule has 6 heteroatoms. The highest BCUT2D eigenvalue weighted by Crippen LogP contribution is 2.20. The third-order valence-corrected chi connectivity index (χ3v) is 3.74. The van der Waals surface area contributed by atoms with E-state index in [-0.39, 0.29) is 5.56 Å². The zero-order valence-corrected chi connectivity index (χ0v) is 12.5. The van der Waals surface area contributed by atoms with E-state index in [0.717, 1.165) is 5.39 Å². The number of benzene rings is 1. The quantitative estimate of drug-likeness (QED) is 0.616.